The van der Waals surface area contributed by atoms with Crippen LogP contribution in [0.2, 0.25) is 0 Å². The molecule has 0 bridgehead atoms. The number of hydrogen-bond donors (Lipinski definition) is 1. The lowest BCUT2D eigenvalue weighted by molar-refractivity contribution is 0.463. The number of anilines is 1. The Hall–Kier alpha value is -2.88. The summed E-state index contributed by atoms with van der Waals surface area (Å²) in [5.74, 6) is 1.40. The maximum atomic E-state index is 5.89. The molecule has 3 rings (SSSR count). The minimum Gasteiger partial charge on any atom is -0.438 e. The van der Waals surface area contributed by atoms with Gasteiger partial charge in [0, 0.05) is 17.3 Å². The summed E-state index contributed by atoms with van der Waals surface area (Å²) in [5, 5.41) is 0. The van der Waals surface area contributed by atoms with Crippen molar-refractivity contribution in [2.24, 2.45) is 0 Å². The van der Waals surface area contributed by atoms with E-state index in [0.717, 1.165) is 22.6 Å². The molecule has 104 valence electrons. The van der Waals surface area contributed by atoms with E-state index >= 15 is 0 Å². The van der Waals surface area contributed by atoms with Crippen LogP contribution in [0.3, 0.4) is 0 Å². The normalized spacial score (nSPS) is 10.3. The predicted octanol–water partition coefficient (Wildman–Crippen LogP) is 3.83. The second-order valence-electron chi connectivity index (χ2n) is 4.67. The first-order valence-corrected chi connectivity index (χ1v) is 6.66. The molecule has 4 nitrogen and oxygen atoms in total. The van der Waals surface area contributed by atoms with Crippen molar-refractivity contribution < 1.29 is 4.74 Å². The summed E-state index contributed by atoms with van der Waals surface area (Å²) in [6.07, 6.45) is 0. The van der Waals surface area contributed by atoms with Crippen LogP contribution in [0, 0.1) is 6.92 Å². The fraction of sp³-hybridized carbons (Fsp3) is 0.0588. The topological polar surface area (TPSA) is 61.0 Å². The summed E-state index contributed by atoms with van der Waals surface area (Å²) in [5.41, 5.74) is 8.53. The average molecular weight is 277 g/mol. The maximum Gasteiger partial charge on any atom is 0.224 e. The van der Waals surface area contributed by atoms with E-state index in [0.29, 0.717) is 5.88 Å². The molecular weight excluding hydrogens is 262 g/mol. The molecule has 2 N–H and O–H groups in total. The van der Waals surface area contributed by atoms with E-state index in [-0.39, 0.29) is 5.95 Å². The van der Waals surface area contributed by atoms with Gasteiger partial charge in [-0.05, 0) is 18.6 Å². The van der Waals surface area contributed by atoms with E-state index in [2.05, 4.69) is 9.97 Å². The summed E-state index contributed by atoms with van der Waals surface area (Å²) >= 11 is 0. The molecule has 0 aliphatic carbocycles. The van der Waals surface area contributed by atoms with Crippen LogP contribution in [0.25, 0.3) is 11.1 Å². The first kappa shape index (κ1) is 13.1. The van der Waals surface area contributed by atoms with Crippen molar-refractivity contribution in [3.8, 4) is 22.8 Å². The molecule has 0 aliphatic heterocycles. The summed E-state index contributed by atoms with van der Waals surface area (Å²) in [6.45, 7) is 1.86. The molecular formula is C17H15N3O. The van der Waals surface area contributed by atoms with E-state index in [1.54, 1.807) is 6.07 Å². The molecule has 0 saturated carbocycles. The van der Waals surface area contributed by atoms with Gasteiger partial charge in [-0.3, -0.25) is 0 Å². The molecule has 0 spiro atoms. The Bertz CT molecular complexity index is 737. The van der Waals surface area contributed by atoms with Gasteiger partial charge >= 0.3 is 0 Å². The van der Waals surface area contributed by atoms with Gasteiger partial charge in [-0.25, -0.2) is 4.98 Å². The summed E-state index contributed by atoms with van der Waals surface area (Å²) < 4.78 is 5.89. The van der Waals surface area contributed by atoms with E-state index < -0.39 is 0 Å². The monoisotopic (exact) mass is 277 g/mol. The molecule has 0 saturated heterocycles. The van der Waals surface area contributed by atoms with Crippen LogP contribution in [0.1, 0.15) is 5.69 Å². The van der Waals surface area contributed by atoms with Crippen molar-refractivity contribution in [2.75, 3.05) is 5.73 Å². The van der Waals surface area contributed by atoms with Gasteiger partial charge in [0.2, 0.25) is 11.8 Å². The highest BCUT2D eigenvalue weighted by Crippen LogP contribution is 2.32. The molecule has 0 amide bonds. The summed E-state index contributed by atoms with van der Waals surface area (Å²) in [7, 11) is 0. The molecule has 0 atom stereocenters. The van der Waals surface area contributed by atoms with Gasteiger partial charge in [-0.15, -0.1) is 0 Å². The van der Waals surface area contributed by atoms with Gasteiger partial charge in [0.05, 0.1) is 0 Å². The number of nitrogens with two attached hydrogens (primary N) is 1. The third-order valence-corrected chi connectivity index (χ3v) is 3.03. The molecule has 21 heavy (non-hydrogen) atoms. The van der Waals surface area contributed by atoms with Crippen molar-refractivity contribution in [2.45, 2.75) is 6.92 Å². The zero-order valence-electron chi connectivity index (χ0n) is 11.7. The Morgan fingerprint density at radius 1 is 0.905 bits per heavy atom. The van der Waals surface area contributed by atoms with Gasteiger partial charge in [0.25, 0.3) is 0 Å². The first-order valence-electron chi connectivity index (χ1n) is 6.66. The highest BCUT2D eigenvalue weighted by molar-refractivity contribution is 5.70. The molecule has 0 unspecified atom stereocenters. The molecule has 0 fully saturated rings. The zero-order valence-corrected chi connectivity index (χ0v) is 11.7. The number of nitrogens with zero attached hydrogens (tertiary/aromatic N) is 2. The van der Waals surface area contributed by atoms with Crippen LogP contribution in [-0.2, 0) is 0 Å². The average Bonchev–Trinajstić information content (AvgIpc) is 2.48. The lowest BCUT2D eigenvalue weighted by atomic mass is 10.1. The van der Waals surface area contributed by atoms with Crippen LogP contribution in [0.15, 0.2) is 60.7 Å². The highest BCUT2D eigenvalue weighted by Gasteiger charge is 2.08. The fourth-order valence-corrected chi connectivity index (χ4v) is 2.14. The van der Waals surface area contributed by atoms with Crippen molar-refractivity contribution in [1.29, 1.82) is 0 Å². The largest absolute Gasteiger partial charge is 0.438 e. The van der Waals surface area contributed by atoms with Gasteiger partial charge in [0.15, 0.2) is 0 Å². The van der Waals surface area contributed by atoms with Crippen molar-refractivity contribution in [3.63, 3.8) is 0 Å². The highest BCUT2D eigenvalue weighted by atomic mass is 16.5. The van der Waals surface area contributed by atoms with Crippen LogP contribution >= 0.6 is 0 Å². The number of rotatable bonds is 3. The second kappa shape index (κ2) is 5.63. The standard InChI is InChI=1S/C17H15N3O/c1-12-11-16(20-17(18)19-12)21-15-10-6-5-9-14(15)13-7-3-2-4-8-13/h2-11H,1H3,(H2,18,19,20). The molecule has 1 heterocycles. The Morgan fingerprint density at radius 2 is 1.62 bits per heavy atom. The van der Waals surface area contributed by atoms with Crippen molar-refractivity contribution in [3.05, 3.63) is 66.4 Å². The van der Waals surface area contributed by atoms with Crippen LogP contribution in [0.4, 0.5) is 5.95 Å². The molecule has 4 heteroatoms. The Labute approximate surface area is 123 Å². The van der Waals surface area contributed by atoms with E-state index in [1.165, 1.54) is 0 Å². The second-order valence-corrected chi connectivity index (χ2v) is 4.67. The number of ether oxygens (including phenoxy) is 1. The lowest BCUT2D eigenvalue weighted by Crippen LogP contribution is -1.99. The Morgan fingerprint density at radius 3 is 2.38 bits per heavy atom. The third kappa shape index (κ3) is 3.00. The Kier molecular flexibility index (Phi) is 3.51. The number of hydrogen-bond acceptors (Lipinski definition) is 4. The minimum absolute atomic E-state index is 0.210. The van der Waals surface area contributed by atoms with Crippen LogP contribution < -0.4 is 10.5 Å². The Balaban J connectivity index is 2.00. The third-order valence-electron chi connectivity index (χ3n) is 3.03. The van der Waals surface area contributed by atoms with E-state index in [9.17, 15) is 0 Å². The van der Waals surface area contributed by atoms with Crippen LogP contribution in [-0.4, -0.2) is 9.97 Å². The van der Waals surface area contributed by atoms with Gasteiger partial charge in [-0.2, -0.15) is 4.98 Å². The van der Waals surface area contributed by atoms with Crippen molar-refractivity contribution in [1.82, 2.24) is 9.97 Å². The molecule has 2 aromatic carbocycles. The summed E-state index contributed by atoms with van der Waals surface area (Å²) in [4.78, 5) is 8.15. The van der Waals surface area contributed by atoms with Gasteiger partial charge < -0.3 is 10.5 Å². The lowest BCUT2D eigenvalue weighted by Gasteiger charge is -2.11. The van der Waals surface area contributed by atoms with Crippen molar-refractivity contribution >= 4 is 5.95 Å². The van der Waals surface area contributed by atoms with E-state index in [4.69, 9.17) is 10.5 Å². The van der Waals surface area contributed by atoms with Gasteiger partial charge in [-0.1, -0.05) is 48.5 Å². The number of nitrogen functional groups attached to an aromatic ring is 1. The smallest absolute Gasteiger partial charge is 0.224 e. The molecule has 0 aliphatic rings. The molecule has 0 radical (unpaired) electrons. The molecule has 1 aromatic heterocycles. The number of aromatic nitrogens is 2. The predicted molar refractivity (Wildman–Crippen MR) is 83.1 cm³/mol. The number of aryl methyl sites for hydroxylation is 1. The number of benzene rings is 2. The first-order chi connectivity index (χ1) is 10.2. The van der Waals surface area contributed by atoms with Crippen LogP contribution in [0.5, 0.6) is 11.6 Å². The maximum absolute atomic E-state index is 5.89. The number of para-hydroxylation sites is 1. The fourth-order valence-electron chi connectivity index (χ4n) is 2.14. The zero-order chi connectivity index (χ0) is 14.7. The summed E-state index contributed by atoms with van der Waals surface area (Å²) in [6, 6.07) is 19.7. The van der Waals surface area contributed by atoms with E-state index in [1.807, 2.05) is 61.5 Å². The minimum atomic E-state index is 0.210. The SMILES string of the molecule is Cc1cc(Oc2ccccc2-c2ccccc2)nc(N)n1. The van der Waals surface area contributed by atoms with Gasteiger partial charge in [0.1, 0.15) is 5.75 Å². The quantitative estimate of drug-likeness (QED) is 0.790. The molecule has 3 aromatic rings.